The highest BCUT2D eigenvalue weighted by atomic mass is 32.1. The van der Waals surface area contributed by atoms with E-state index in [1.807, 2.05) is 54.6 Å². The van der Waals surface area contributed by atoms with Crippen LogP contribution in [0.1, 0.15) is 28.1 Å². The lowest BCUT2D eigenvalue weighted by atomic mass is 10.1. The predicted molar refractivity (Wildman–Crippen MR) is 120 cm³/mol. The van der Waals surface area contributed by atoms with Crippen molar-refractivity contribution in [2.75, 3.05) is 24.1 Å². The van der Waals surface area contributed by atoms with Gasteiger partial charge in [0.2, 0.25) is 0 Å². The van der Waals surface area contributed by atoms with Crippen LogP contribution in [-0.4, -0.2) is 30.0 Å². The normalized spacial score (nSPS) is 16.1. The van der Waals surface area contributed by atoms with Gasteiger partial charge in [-0.3, -0.25) is 4.79 Å². The largest absolute Gasteiger partial charge is 0.489 e. The smallest absolute Gasteiger partial charge is 0.265 e. The topological polar surface area (TPSA) is 101 Å². The first-order valence-corrected chi connectivity index (χ1v) is 10.8. The predicted octanol–water partition coefficient (Wildman–Crippen LogP) is 3.53. The Morgan fingerprint density at radius 1 is 1.20 bits per heavy atom. The number of anilines is 3. The number of ether oxygens (including phenoxy) is 1. The van der Waals surface area contributed by atoms with Crippen LogP contribution in [-0.2, 0) is 6.61 Å². The molecule has 2 aromatic carbocycles. The molecule has 1 atom stereocenters. The first kappa shape index (κ1) is 20.2. The van der Waals surface area contributed by atoms with Crippen molar-refractivity contribution in [2.24, 2.45) is 0 Å². The van der Waals surface area contributed by atoms with Gasteiger partial charge >= 0.3 is 0 Å². The second-order valence-electron chi connectivity index (χ2n) is 7.17. The number of thiazole rings is 1. The highest BCUT2D eigenvalue weighted by Crippen LogP contribution is 2.28. The second kappa shape index (κ2) is 9.60. The van der Waals surface area contributed by atoms with Gasteiger partial charge in [0.15, 0.2) is 5.13 Å². The molecule has 1 fully saturated rings. The molecule has 1 aliphatic rings. The van der Waals surface area contributed by atoms with Crippen molar-refractivity contribution in [3.8, 4) is 5.75 Å². The average Bonchev–Trinajstić information content (AvgIpc) is 3.15. The van der Waals surface area contributed by atoms with Crippen LogP contribution < -0.4 is 26.4 Å². The minimum atomic E-state index is -0.170. The lowest BCUT2D eigenvalue weighted by Crippen LogP contribution is -2.45. The maximum absolute atomic E-state index is 12.5. The number of carbonyl (C=O) groups is 1. The maximum Gasteiger partial charge on any atom is 0.265 e. The minimum Gasteiger partial charge on any atom is -0.489 e. The second-order valence-corrected chi connectivity index (χ2v) is 8.17. The van der Waals surface area contributed by atoms with E-state index in [9.17, 15) is 4.79 Å². The van der Waals surface area contributed by atoms with Crippen molar-refractivity contribution in [1.29, 1.82) is 0 Å². The van der Waals surface area contributed by atoms with Gasteiger partial charge in [-0.05, 0) is 49.2 Å². The molecule has 2 heterocycles. The van der Waals surface area contributed by atoms with E-state index in [-0.39, 0.29) is 17.8 Å². The standard InChI is InChI=1S/C22H25N5O2S/c23-20-19(21(28)25-17-7-4-12-24-13-17)30-22(27-20)26-16-8-10-18(11-9-16)29-14-15-5-2-1-3-6-15/h1-3,5-6,8-11,17,24H,4,7,12-14,23H2,(H,25,28)(H,26,27)/t17-/m0/s1. The number of nitrogen functional groups attached to an aromatic ring is 1. The summed E-state index contributed by atoms with van der Waals surface area (Å²) in [5, 5.41) is 10.1. The molecule has 1 saturated heterocycles. The number of nitrogens with zero attached hydrogens (tertiary/aromatic N) is 1. The number of carbonyl (C=O) groups excluding carboxylic acids is 1. The Labute approximate surface area is 179 Å². The van der Waals surface area contributed by atoms with E-state index >= 15 is 0 Å². The van der Waals surface area contributed by atoms with Crippen LogP contribution in [0.2, 0.25) is 0 Å². The summed E-state index contributed by atoms with van der Waals surface area (Å²) in [6, 6.07) is 17.8. The van der Waals surface area contributed by atoms with Gasteiger partial charge in [0.1, 0.15) is 23.1 Å². The Morgan fingerprint density at radius 3 is 2.73 bits per heavy atom. The molecule has 0 aliphatic carbocycles. The molecular weight excluding hydrogens is 398 g/mol. The van der Waals surface area contributed by atoms with Crippen LogP contribution in [0.4, 0.5) is 16.6 Å². The molecule has 7 nitrogen and oxygen atoms in total. The summed E-state index contributed by atoms with van der Waals surface area (Å²) in [6.45, 7) is 2.30. The third kappa shape index (κ3) is 5.28. The molecular formula is C22H25N5O2S. The number of hydrogen-bond donors (Lipinski definition) is 4. The first-order chi connectivity index (χ1) is 14.7. The van der Waals surface area contributed by atoms with Crippen LogP contribution >= 0.6 is 11.3 Å². The summed E-state index contributed by atoms with van der Waals surface area (Å²) < 4.78 is 5.81. The average molecular weight is 424 g/mol. The monoisotopic (exact) mass is 423 g/mol. The molecule has 4 rings (SSSR count). The zero-order valence-electron chi connectivity index (χ0n) is 16.6. The van der Waals surface area contributed by atoms with Crippen LogP contribution in [0.3, 0.4) is 0 Å². The molecule has 5 N–H and O–H groups in total. The Bertz CT molecular complexity index is 969. The summed E-state index contributed by atoms with van der Waals surface area (Å²) in [5.74, 6) is 0.854. The third-order valence-electron chi connectivity index (χ3n) is 4.85. The van der Waals surface area contributed by atoms with Crippen molar-refractivity contribution in [2.45, 2.75) is 25.5 Å². The summed E-state index contributed by atoms with van der Waals surface area (Å²) in [6.07, 6.45) is 2.03. The summed E-state index contributed by atoms with van der Waals surface area (Å²) in [5.41, 5.74) is 7.95. The fraction of sp³-hybridized carbons (Fsp3) is 0.273. The quantitative estimate of drug-likeness (QED) is 0.464. The minimum absolute atomic E-state index is 0.132. The van der Waals surface area contributed by atoms with Crippen LogP contribution in [0.25, 0.3) is 0 Å². The molecule has 0 spiro atoms. The number of nitrogens with one attached hydrogen (secondary N) is 3. The van der Waals surface area contributed by atoms with E-state index in [1.54, 1.807) is 0 Å². The Balaban J connectivity index is 1.33. The van der Waals surface area contributed by atoms with E-state index in [1.165, 1.54) is 11.3 Å². The molecule has 1 aromatic heterocycles. The molecule has 30 heavy (non-hydrogen) atoms. The van der Waals surface area contributed by atoms with E-state index in [4.69, 9.17) is 10.5 Å². The molecule has 1 aliphatic heterocycles. The lowest BCUT2D eigenvalue weighted by molar-refractivity contribution is 0.0935. The van der Waals surface area contributed by atoms with Crippen molar-refractivity contribution in [3.05, 3.63) is 65.0 Å². The third-order valence-corrected chi connectivity index (χ3v) is 5.83. The van der Waals surface area contributed by atoms with Gasteiger partial charge in [-0.25, -0.2) is 4.98 Å². The number of nitrogens with two attached hydrogens (primary N) is 1. The molecule has 3 aromatic rings. The lowest BCUT2D eigenvalue weighted by Gasteiger charge is -2.23. The van der Waals surface area contributed by atoms with Gasteiger partial charge in [0, 0.05) is 18.3 Å². The Morgan fingerprint density at radius 2 is 2.00 bits per heavy atom. The van der Waals surface area contributed by atoms with Crippen molar-refractivity contribution < 1.29 is 9.53 Å². The van der Waals surface area contributed by atoms with Crippen LogP contribution in [0.5, 0.6) is 5.75 Å². The zero-order valence-corrected chi connectivity index (χ0v) is 17.4. The number of aromatic nitrogens is 1. The van der Waals surface area contributed by atoms with E-state index in [0.29, 0.717) is 16.6 Å². The van der Waals surface area contributed by atoms with Crippen LogP contribution in [0, 0.1) is 0 Å². The highest BCUT2D eigenvalue weighted by Gasteiger charge is 2.21. The summed E-state index contributed by atoms with van der Waals surface area (Å²) in [4.78, 5) is 17.3. The van der Waals surface area contributed by atoms with Gasteiger partial charge in [-0.15, -0.1) is 0 Å². The van der Waals surface area contributed by atoms with E-state index in [0.717, 1.165) is 42.9 Å². The zero-order chi connectivity index (χ0) is 20.8. The SMILES string of the molecule is Nc1nc(Nc2ccc(OCc3ccccc3)cc2)sc1C(=O)N[C@H]1CCCNC1. The van der Waals surface area contributed by atoms with Crippen LogP contribution in [0.15, 0.2) is 54.6 Å². The molecule has 0 saturated carbocycles. The molecule has 8 heteroatoms. The number of benzene rings is 2. The van der Waals surface area contributed by atoms with Gasteiger partial charge in [0.25, 0.3) is 5.91 Å². The number of rotatable bonds is 7. The molecule has 0 unspecified atom stereocenters. The first-order valence-electron chi connectivity index (χ1n) is 9.99. The van der Waals surface area contributed by atoms with Crippen molar-refractivity contribution in [1.82, 2.24) is 15.6 Å². The van der Waals surface area contributed by atoms with E-state index < -0.39 is 0 Å². The van der Waals surface area contributed by atoms with E-state index in [2.05, 4.69) is 20.9 Å². The number of piperidine rings is 1. The van der Waals surface area contributed by atoms with Gasteiger partial charge in [-0.1, -0.05) is 41.7 Å². The molecule has 0 radical (unpaired) electrons. The summed E-state index contributed by atoms with van der Waals surface area (Å²) in [7, 11) is 0. The Hall–Kier alpha value is -3.10. The van der Waals surface area contributed by atoms with Gasteiger partial charge < -0.3 is 26.4 Å². The maximum atomic E-state index is 12.5. The molecule has 1 amide bonds. The van der Waals surface area contributed by atoms with Gasteiger partial charge in [-0.2, -0.15) is 0 Å². The molecule has 0 bridgehead atoms. The van der Waals surface area contributed by atoms with Crippen molar-refractivity contribution in [3.63, 3.8) is 0 Å². The highest BCUT2D eigenvalue weighted by molar-refractivity contribution is 7.18. The molecule has 156 valence electrons. The van der Waals surface area contributed by atoms with Gasteiger partial charge in [0.05, 0.1) is 0 Å². The fourth-order valence-corrected chi connectivity index (χ4v) is 4.08. The fourth-order valence-electron chi connectivity index (χ4n) is 3.27. The Kier molecular flexibility index (Phi) is 6.46. The summed E-state index contributed by atoms with van der Waals surface area (Å²) >= 11 is 1.25. The number of hydrogen-bond acceptors (Lipinski definition) is 7. The number of amides is 1. The van der Waals surface area contributed by atoms with Crippen molar-refractivity contribution >= 4 is 33.9 Å².